The van der Waals surface area contributed by atoms with Crippen LogP contribution in [0.25, 0.3) is 0 Å². The largest absolute Gasteiger partial charge is 0.462 e. The fourth-order valence-electron chi connectivity index (χ4n) is 3.81. The molecule has 0 saturated carbocycles. The second-order valence-electron chi connectivity index (χ2n) is 7.26. The zero-order valence-electron chi connectivity index (χ0n) is 18.0. The van der Waals surface area contributed by atoms with Gasteiger partial charge in [-0.15, -0.1) is 11.3 Å². The fourth-order valence-corrected chi connectivity index (χ4v) is 5.10. The molecule has 1 aromatic carbocycles. The summed E-state index contributed by atoms with van der Waals surface area (Å²) >= 11 is 1.51. The number of hydrogen-bond acceptors (Lipinski definition) is 6. The molecule has 1 aliphatic rings. The lowest BCUT2D eigenvalue weighted by atomic mass is 9.95. The van der Waals surface area contributed by atoms with E-state index in [0.29, 0.717) is 17.2 Å². The number of nitrogens with one attached hydrogen (secondary N) is 2. The van der Waals surface area contributed by atoms with Gasteiger partial charge >= 0.3 is 5.97 Å². The third-order valence-electron chi connectivity index (χ3n) is 5.35. The molecule has 2 aromatic rings. The summed E-state index contributed by atoms with van der Waals surface area (Å²) in [6.45, 7) is 8.43. The van der Waals surface area contributed by atoms with Crippen LogP contribution in [0.2, 0.25) is 0 Å². The third-order valence-corrected chi connectivity index (χ3v) is 6.56. The van der Waals surface area contributed by atoms with Crippen molar-refractivity contribution in [3.8, 4) is 0 Å². The number of nitrogens with zero attached hydrogens (tertiary/aromatic N) is 1. The molecule has 1 amide bonds. The second-order valence-corrected chi connectivity index (χ2v) is 8.36. The summed E-state index contributed by atoms with van der Waals surface area (Å²) in [6, 6.07) is 8.07. The molecular formula is C23H31N3O3S. The number of aryl methyl sites for hydroxylation is 1. The number of benzene rings is 1. The van der Waals surface area contributed by atoms with Crippen LogP contribution in [0.15, 0.2) is 24.3 Å². The average molecular weight is 430 g/mol. The molecule has 1 aliphatic carbocycles. The third kappa shape index (κ3) is 5.14. The summed E-state index contributed by atoms with van der Waals surface area (Å²) < 4.78 is 5.25. The van der Waals surface area contributed by atoms with Crippen molar-refractivity contribution in [2.24, 2.45) is 0 Å². The Labute approximate surface area is 182 Å². The number of hydrogen-bond donors (Lipinski definition) is 2. The van der Waals surface area contributed by atoms with Crippen LogP contribution >= 0.6 is 11.3 Å². The maximum Gasteiger partial charge on any atom is 0.341 e. The maximum atomic E-state index is 12.6. The molecule has 0 fully saturated rings. The van der Waals surface area contributed by atoms with Crippen LogP contribution in [0.5, 0.6) is 0 Å². The van der Waals surface area contributed by atoms with E-state index < -0.39 is 0 Å². The van der Waals surface area contributed by atoms with E-state index in [9.17, 15) is 9.59 Å². The van der Waals surface area contributed by atoms with Crippen molar-refractivity contribution in [3.63, 3.8) is 0 Å². The number of esters is 1. The van der Waals surface area contributed by atoms with Crippen molar-refractivity contribution < 1.29 is 14.3 Å². The minimum Gasteiger partial charge on any atom is -0.462 e. The van der Waals surface area contributed by atoms with Crippen LogP contribution in [-0.2, 0) is 22.4 Å². The molecule has 6 nitrogen and oxygen atoms in total. The Kier molecular flexibility index (Phi) is 7.74. The van der Waals surface area contributed by atoms with Crippen LogP contribution in [0.1, 0.15) is 54.4 Å². The first-order chi connectivity index (χ1) is 14.6. The lowest BCUT2D eigenvalue weighted by Gasteiger charge is -2.21. The molecule has 0 radical (unpaired) electrons. The number of rotatable bonds is 9. The van der Waals surface area contributed by atoms with Crippen molar-refractivity contribution in [1.29, 1.82) is 0 Å². The highest BCUT2D eigenvalue weighted by molar-refractivity contribution is 7.17. The number of amides is 1. The Bertz CT molecular complexity index is 873. The summed E-state index contributed by atoms with van der Waals surface area (Å²) in [5.74, 6) is -0.515. The monoisotopic (exact) mass is 429 g/mol. The minimum absolute atomic E-state index is 0.134. The van der Waals surface area contributed by atoms with Crippen molar-refractivity contribution in [2.75, 3.05) is 41.8 Å². The van der Waals surface area contributed by atoms with Gasteiger partial charge in [0.05, 0.1) is 18.7 Å². The van der Waals surface area contributed by atoms with Gasteiger partial charge in [-0.2, -0.15) is 0 Å². The molecule has 0 aliphatic heterocycles. The van der Waals surface area contributed by atoms with E-state index in [1.165, 1.54) is 21.9 Å². The Morgan fingerprint density at radius 2 is 1.77 bits per heavy atom. The van der Waals surface area contributed by atoms with Gasteiger partial charge in [-0.25, -0.2) is 4.79 Å². The van der Waals surface area contributed by atoms with Crippen molar-refractivity contribution in [2.45, 2.75) is 46.5 Å². The molecule has 0 unspecified atom stereocenters. The predicted molar refractivity (Wildman–Crippen MR) is 124 cm³/mol. The number of carbonyl (C=O) groups excluding carboxylic acids is 2. The van der Waals surface area contributed by atoms with Gasteiger partial charge in [-0.1, -0.05) is 0 Å². The molecule has 0 atom stereocenters. The van der Waals surface area contributed by atoms with Crippen LogP contribution in [0, 0.1) is 0 Å². The molecule has 3 rings (SSSR count). The van der Waals surface area contributed by atoms with E-state index in [-0.39, 0.29) is 18.4 Å². The number of ether oxygens (including phenoxy) is 1. The number of fused-ring (bicyclic) bond motifs is 1. The summed E-state index contributed by atoms with van der Waals surface area (Å²) in [5, 5.41) is 6.71. The molecule has 1 aromatic heterocycles. The van der Waals surface area contributed by atoms with Gasteiger partial charge in [0.2, 0.25) is 5.91 Å². The van der Waals surface area contributed by atoms with Crippen molar-refractivity contribution in [1.82, 2.24) is 0 Å². The van der Waals surface area contributed by atoms with E-state index in [0.717, 1.165) is 50.0 Å². The van der Waals surface area contributed by atoms with Gasteiger partial charge in [0.25, 0.3) is 0 Å². The van der Waals surface area contributed by atoms with Gasteiger partial charge in [0.1, 0.15) is 5.00 Å². The van der Waals surface area contributed by atoms with Crippen LogP contribution in [-0.4, -0.2) is 38.1 Å². The first-order valence-electron chi connectivity index (χ1n) is 10.8. The standard InChI is InChI=1S/C23H31N3O3S/c1-4-26(5-2)17-13-11-16(12-14-17)24-15-20(27)25-22-21(23(28)29-6-3)18-9-7-8-10-19(18)30-22/h11-14,24H,4-10,15H2,1-3H3,(H,25,27). The fraction of sp³-hybridized carbons (Fsp3) is 0.478. The van der Waals surface area contributed by atoms with Crippen LogP contribution in [0.3, 0.4) is 0 Å². The Morgan fingerprint density at radius 1 is 1.07 bits per heavy atom. The molecule has 0 bridgehead atoms. The van der Waals surface area contributed by atoms with Crippen LogP contribution in [0.4, 0.5) is 16.4 Å². The lowest BCUT2D eigenvalue weighted by molar-refractivity contribution is -0.114. The summed E-state index contributed by atoms with van der Waals surface area (Å²) in [7, 11) is 0. The molecule has 30 heavy (non-hydrogen) atoms. The van der Waals surface area contributed by atoms with E-state index in [2.05, 4.69) is 41.5 Å². The van der Waals surface area contributed by atoms with Crippen LogP contribution < -0.4 is 15.5 Å². The molecule has 7 heteroatoms. The van der Waals surface area contributed by atoms with Gasteiger partial charge in [-0.05, 0) is 76.3 Å². The van der Waals surface area contributed by atoms with E-state index in [4.69, 9.17) is 4.74 Å². The summed E-state index contributed by atoms with van der Waals surface area (Å²) in [4.78, 5) is 28.5. The first kappa shape index (κ1) is 22.2. The highest BCUT2D eigenvalue weighted by Gasteiger charge is 2.27. The normalized spacial score (nSPS) is 12.8. The second kappa shape index (κ2) is 10.5. The molecule has 0 saturated heterocycles. The smallest absolute Gasteiger partial charge is 0.341 e. The minimum atomic E-state index is -0.341. The number of thiophene rings is 1. The van der Waals surface area contributed by atoms with E-state index in [1.807, 2.05) is 12.1 Å². The van der Waals surface area contributed by atoms with Gasteiger partial charge in [-0.3, -0.25) is 4.79 Å². The highest BCUT2D eigenvalue weighted by atomic mass is 32.1. The molecular weight excluding hydrogens is 398 g/mol. The highest BCUT2D eigenvalue weighted by Crippen LogP contribution is 2.38. The summed E-state index contributed by atoms with van der Waals surface area (Å²) in [6.07, 6.45) is 4.01. The van der Waals surface area contributed by atoms with E-state index >= 15 is 0 Å². The van der Waals surface area contributed by atoms with Gasteiger partial charge < -0.3 is 20.3 Å². The van der Waals surface area contributed by atoms with Gasteiger partial charge in [0, 0.05) is 29.3 Å². The van der Waals surface area contributed by atoms with Gasteiger partial charge in [0.15, 0.2) is 0 Å². The zero-order chi connectivity index (χ0) is 21.5. The maximum absolute atomic E-state index is 12.6. The number of anilines is 3. The van der Waals surface area contributed by atoms with E-state index in [1.54, 1.807) is 6.92 Å². The molecule has 2 N–H and O–H groups in total. The topological polar surface area (TPSA) is 70.7 Å². The Balaban J connectivity index is 1.65. The van der Waals surface area contributed by atoms with Crippen molar-refractivity contribution in [3.05, 3.63) is 40.3 Å². The zero-order valence-corrected chi connectivity index (χ0v) is 18.9. The predicted octanol–water partition coefficient (Wildman–Crippen LogP) is 4.70. The SMILES string of the molecule is CCOC(=O)c1c(NC(=O)CNc2ccc(N(CC)CC)cc2)sc2c1CCCC2. The molecule has 1 heterocycles. The Hall–Kier alpha value is -2.54. The summed E-state index contributed by atoms with van der Waals surface area (Å²) in [5.41, 5.74) is 3.66. The molecule has 0 spiro atoms. The lowest BCUT2D eigenvalue weighted by Crippen LogP contribution is -2.23. The number of carbonyl (C=O) groups is 2. The molecule has 162 valence electrons. The van der Waals surface area contributed by atoms with Crippen molar-refractivity contribution >= 4 is 39.6 Å². The Morgan fingerprint density at radius 3 is 2.43 bits per heavy atom. The first-order valence-corrected chi connectivity index (χ1v) is 11.6. The average Bonchev–Trinajstić information content (AvgIpc) is 3.12. The quantitative estimate of drug-likeness (QED) is 0.566.